The van der Waals surface area contributed by atoms with E-state index in [4.69, 9.17) is 0 Å². The van der Waals surface area contributed by atoms with Crippen LogP contribution in [-0.2, 0) is 13.6 Å². The summed E-state index contributed by atoms with van der Waals surface area (Å²) in [6.45, 7) is 1.93. The van der Waals surface area contributed by atoms with Crippen molar-refractivity contribution in [2.45, 2.75) is 38.6 Å². The van der Waals surface area contributed by atoms with Gasteiger partial charge in [-0.15, -0.1) is 0 Å². The molecule has 0 amide bonds. The molecule has 84 valence electrons. The fourth-order valence-corrected chi connectivity index (χ4v) is 2.24. The Morgan fingerprint density at radius 1 is 1.40 bits per heavy atom. The van der Waals surface area contributed by atoms with E-state index in [1.807, 2.05) is 7.05 Å². The van der Waals surface area contributed by atoms with E-state index in [-0.39, 0.29) is 0 Å². The van der Waals surface area contributed by atoms with E-state index in [2.05, 4.69) is 15.4 Å². The van der Waals surface area contributed by atoms with Gasteiger partial charge in [0.25, 0.3) is 0 Å². The summed E-state index contributed by atoms with van der Waals surface area (Å²) in [7, 11) is 1.90. The predicted octanol–water partition coefficient (Wildman–Crippen LogP) is 1.48. The topological polar surface area (TPSA) is 42.7 Å². The van der Waals surface area contributed by atoms with E-state index >= 15 is 0 Å². The molecule has 0 unspecified atom stereocenters. The molecule has 1 fully saturated rings. The molecular weight excluding hydrogens is 188 g/mol. The maximum atomic E-state index is 4.24. The monoisotopic (exact) mass is 208 g/mol. The third-order valence-corrected chi connectivity index (χ3v) is 3.09. The van der Waals surface area contributed by atoms with Crippen LogP contribution in [0.1, 0.15) is 37.9 Å². The Balaban J connectivity index is 1.65. The standard InChI is InChI=1S/C11H20N4/c1-15-9-13-11(14-15)8-12-7-10-5-3-2-4-6-10/h9-10,12H,2-8H2,1H3. The molecule has 0 aromatic carbocycles. The molecule has 0 saturated heterocycles. The predicted molar refractivity (Wildman–Crippen MR) is 59.3 cm³/mol. The van der Waals surface area contributed by atoms with Crippen LogP contribution in [-0.4, -0.2) is 21.3 Å². The zero-order chi connectivity index (χ0) is 10.5. The minimum absolute atomic E-state index is 0.803. The molecule has 0 radical (unpaired) electrons. The highest BCUT2D eigenvalue weighted by molar-refractivity contribution is 4.80. The number of hydrogen-bond acceptors (Lipinski definition) is 3. The van der Waals surface area contributed by atoms with E-state index < -0.39 is 0 Å². The first-order valence-electron chi connectivity index (χ1n) is 5.90. The van der Waals surface area contributed by atoms with Crippen molar-refractivity contribution in [1.82, 2.24) is 20.1 Å². The Hall–Kier alpha value is -0.900. The van der Waals surface area contributed by atoms with Crippen LogP contribution in [0.5, 0.6) is 0 Å². The van der Waals surface area contributed by atoms with Crippen LogP contribution < -0.4 is 5.32 Å². The molecule has 1 saturated carbocycles. The lowest BCUT2D eigenvalue weighted by molar-refractivity contribution is 0.341. The molecule has 0 spiro atoms. The fourth-order valence-electron chi connectivity index (χ4n) is 2.24. The molecule has 4 heteroatoms. The molecule has 1 aromatic heterocycles. The molecule has 1 N–H and O–H groups in total. The minimum atomic E-state index is 0.803. The van der Waals surface area contributed by atoms with Gasteiger partial charge in [-0.3, -0.25) is 4.68 Å². The lowest BCUT2D eigenvalue weighted by Crippen LogP contribution is -2.24. The number of nitrogens with one attached hydrogen (secondary N) is 1. The summed E-state index contributed by atoms with van der Waals surface area (Å²) in [5.74, 6) is 1.77. The lowest BCUT2D eigenvalue weighted by atomic mass is 9.89. The highest BCUT2D eigenvalue weighted by Gasteiger charge is 2.12. The van der Waals surface area contributed by atoms with Gasteiger partial charge in [-0.1, -0.05) is 19.3 Å². The number of aromatic nitrogens is 3. The Morgan fingerprint density at radius 2 is 2.20 bits per heavy atom. The average Bonchev–Trinajstić information content (AvgIpc) is 2.66. The van der Waals surface area contributed by atoms with Crippen LogP contribution in [0.3, 0.4) is 0 Å². The minimum Gasteiger partial charge on any atom is -0.310 e. The quantitative estimate of drug-likeness (QED) is 0.815. The number of aryl methyl sites for hydroxylation is 1. The molecular formula is C11H20N4. The molecule has 1 aliphatic rings. The summed E-state index contributed by atoms with van der Waals surface area (Å²) in [6.07, 6.45) is 8.78. The second kappa shape index (κ2) is 5.26. The Morgan fingerprint density at radius 3 is 2.87 bits per heavy atom. The van der Waals surface area contributed by atoms with Gasteiger partial charge in [0.05, 0.1) is 6.54 Å². The van der Waals surface area contributed by atoms with Crippen LogP contribution in [0, 0.1) is 5.92 Å². The van der Waals surface area contributed by atoms with E-state index in [9.17, 15) is 0 Å². The van der Waals surface area contributed by atoms with Gasteiger partial charge in [0.1, 0.15) is 6.33 Å². The van der Waals surface area contributed by atoms with Crippen molar-refractivity contribution in [1.29, 1.82) is 0 Å². The van der Waals surface area contributed by atoms with Gasteiger partial charge in [0.15, 0.2) is 5.82 Å². The maximum absolute atomic E-state index is 4.24. The van der Waals surface area contributed by atoms with Crippen LogP contribution >= 0.6 is 0 Å². The average molecular weight is 208 g/mol. The van der Waals surface area contributed by atoms with E-state index in [0.717, 1.165) is 24.8 Å². The van der Waals surface area contributed by atoms with Crippen molar-refractivity contribution in [3.05, 3.63) is 12.2 Å². The Labute approximate surface area is 91.1 Å². The van der Waals surface area contributed by atoms with Crippen LogP contribution in [0.15, 0.2) is 6.33 Å². The zero-order valence-electron chi connectivity index (χ0n) is 9.45. The Bertz CT molecular complexity index is 289. The van der Waals surface area contributed by atoms with Gasteiger partial charge in [-0.25, -0.2) is 4.98 Å². The van der Waals surface area contributed by atoms with E-state index in [1.165, 1.54) is 32.1 Å². The highest BCUT2D eigenvalue weighted by Crippen LogP contribution is 2.22. The smallest absolute Gasteiger partial charge is 0.164 e. The normalized spacial score (nSPS) is 18.2. The van der Waals surface area contributed by atoms with Crippen LogP contribution in [0.4, 0.5) is 0 Å². The van der Waals surface area contributed by atoms with Gasteiger partial charge in [0, 0.05) is 7.05 Å². The fraction of sp³-hybridized carbons (Fsp3) is 0.818. The molecule has 1 aromatic rings. The number of rotatable bonds is 4. The summed E-state index contributed by atoms with van der Waals surface area (Å²) >= 11 is 0. The third-order valence-electron chi connectivity index (χ3n) is 3.09. The molecule has 1 aliphatic carbocycles. The second-order valence-electron chi connectivity index (χ2n) is 4.47. The maximum Gasteiger partial charge on any atom is 0.164 e. The first kappa shape index (κ1) is 10.6. The zero-order valence-corrected chi connectivity index (χ0v) is 9.45. The first-order chi connectivity index (χ1) is 7.34. The summed E-state index contributed by atoms with van der Waals surface area (Å²) < 4.78 is 1.75. The van der Waals surface area contributed by atoms with Crippen LogP contribution in [0.2, 0.25) is 0 Å². The Kier molecular flexibility index (Phi) is 3.72. The largest absolute Gasteiger partial charge is 0.310 e. The van der Waals surface area contributed by atoms with Gasteiger partial charge in [0.2, 0.25) is 0 Å². The van der Waals surface area contributed by atoms with Gasteiger partial charge < -0.3 is 5.32 Å². The van der Waals surface area contributed by atoms with E-state index in [0.29, 0.717) is 0 Å². The number of nitrogens with zero attached hydrogens (tertiary/aromatic N) is 3. The van der Waals surface area contributed by atoms with Gasteiger partial charge in [-0.2, -0.15) is 5.10 Å². The van der Waals surface area contributed by atoms with E-state index in [1.54, 1.807) is 11.0 Å². The van der Waals surface area contributed by atoms with Crippen molar-refractivity contribution >= 4 is 0 Å². The molecule has 2 rings (SSSR count). The van der Waals surface area contributed by atoms with Crippen molar-refractivity contribution in [3.63, 3.8) is 0 Å². The molecule has 4 nitrogen and oxygen atoms in total. The molecule has 15 heavy (non-hydrogen) atoms. The van der Waals surface area contributed by atoms with Gasteiger partial charge >= 0.3 is 0 Å². The summed E-state index contributed by atoms with van der Waals surface area (Å²) in [5, 5.41) is 7.68. The highest BCUT2D eigenvalue weighted by atomic mass is 15.3. The molecule has 0 bridgehead atoms. The van der Waals surface area contributed by atoms with Gasteiger partial charge in [-0.05, 0) is 25.3 Å². The van der Waals surface area contributed by atoms with Crippen molar-refractivity contribution < 1.29 is 0 Å². The first-order valence-corrected chi connectivity index (χ1v) is 5.90. The number of hydrogen-bond donors (Lipinski definition) is 1. The molecule has 0 aliphatic heterocycles. The van der Waals surface area contributed by atoms with Crippen molar-refractivity contribution in [3.8, 4) is 0 Å². The summed E-state index contributed by atoms with van der Waals surface area (Å²) in [4.78, 5) is 4.19. The van der Waals surface area contributed by atoms with Crippen molar-refractivity contribution in [2.24, 2.45) is 13.0 Å². The second-order valence-corrected chi connectivity index (χ2v) is 4.47. The third kappa shape index (κ3) is 3.30. The van der Waals surface area contributed by atoms with Crippen LogP contribution in [0.25, 0.3) is 0 Å². The molecule has 1 heterocycles. The van der Waals surface area contributed by atoms with Crippen molar-refractivity contribution in [2.75, 3.05) is 6.54 Å². The SMILES string of the molecule is Cn1cnc(CNCC2CCCCC2)n1. The summed E-state index contributed by atoms with van der Waals surface area (Å²) in [6, 6.07) is 0. The molecule has 0 atom stereocenters. The lowest BCUT2D eigenvalue weighted by Gasteiger charge is -2.21. The summed E-state index contributed by atoms with van der Waals surface area (Å²) in [5.41, 5.74) is 0.